The number of amides is 4. The van der Waals surface area contributed by atoms with Gasteiger partial charge < -0.3 is 77.5 Å². The van der Waals surface area contributed by atoms with Gasteiger partial charge in [0.25, 0.3) is 0 Å². The van der Waals surface area contributed by atoms with Gasteiger partial charge in [-0.1, -0.05) is 60.7 Å². The number of hydrogen-bond acceptors (Lipinski definition) is 24. The van der Waals surface area contributed by atoms with Crippen LogP contribution in [0.3, 0.4) is 0 Å². The average molecular weight is 1530 g/mol. The Labute approximate surface area is 645 Å². The largest absolute Gasteiger partial charge is 0.469 e. The van der Waals surface area contributed by atoms with E-state index in [1.807, 2.05) is 102 Å². The van der Waals surface area contributed by atoms with Gasteiger partial charge in [-0.25, -0.2) is 9.59 Å². The fourth-order valence-corrected chi connectivity index (χ4v) is 12.7. The van der Waals surface area contributed by atoms with Crippen molar-refractivity contribution in [3.8, 4) is 0 Å². The third-order valence-corrected chi connectivity index (χ3v) is 19.0. The standard InChI is InChI=1S/C26H35N3O5.C21H27N3O3.C20H30N2O6.C15H22N2O4/c1-26(2,3)34-25(32)29-15-13-28(14-16-29)12-11-21(18-22(30)23-10-7-17-33-23)24(31)27-19-20-8-5-4-6-9-20;25-19(20-7-4-14-27-20)15-18(8-11-24-12-9-22-10-13-24)21(26)23-16-17-5-2-1-3-6-17;1-20(2,3)28-19(25)22-11-9-21(10-12-22)8-7-15(18(24)26-4)14-16(23)17-6-5-13-27-17;1-20-15(19)12(4-7-17-8-5-16-6-9-17)11-13(18)14-3-2-10-21-14/h4-10,17,21H,11-16,18-19H2,1-3H3,(H,27,31);1-7,14,18,22H,8-13,15-16H2,(H,23,26);5-6,13,15H,7-12,14H2,1-4H3;2-3,10,12,16H,4-9,11H2,1H3/t21-;18-;15-;12-/m1111/s1. The van der Waals surface area contributed by atoms with Gasteiger partial charge in [-0.15, -0.1) is 0 Å². The van der Waals surface area contributed by atoms with Gasteiger partial charge in [-0.05, 0) is 153 Å². The predicted molar refractivity (Wildman–Crippen MR) is 411 cm³/mol. The van der Waals surface area contributed by atoms with E-state index in [1.165, 1.54) is 39.3 Å². The highest BCUT2D eigenvalue weighted by molar-refractivity contribution is 5.98. The summed E-state index contributed by atoms with van der Waals surface area (Å²) in [5, 5.41) is 12.6. The highest BCUT2D eigenvalue weighted by Crippen LogP contribution is 2.23. The molecule has 4 fully saturated rings. The molecule has 10 rings (SSSR count). The lowest BCUT2D eigenvalue weighted by Gasteiger charge is -2.36. The molecule has 8 heterocycles. The van der Waals surface area contributed by atoms with Gasteiger partial charge in [0.15, 0.2) is 46.2 Å². The molecule has 0 bridgehead atoms. The maximum absolute atomic E-state index is 13.0. The van der Waals surface area contributed by atoms with Crippen LogP contribution in [0.15, 0.2) is 152 Å². The minimum atomic E-state index is -0.522. The number of benzene rings is 2. The Bertz CT molecular complexity index is 3700. The summed E-state index contributed by atoms with van der Waals surface area (Å²) in [6.45, 7) is 27.8. The van der Waals surface area contributed by atoms with Gasteiger partial charge in [0.05, 0.1) is 51.1 Å². The summed E-state index contributed by atoms with van der Waals surface area (Å²) in [6, 6.07) is 32.6. The first kappa shape index (κ1) is 87.6. The van der Waals surface area contributed by atoms with Crippen molar-refractivity contribution in [2.24, 2.45) is 23.7 Å². The zero-order valence-electron chi connectivity index (χ0n) is 65.3. The molecule has 4 N–H and O–H groups in total. The van der Waals surface area contributed by atoms with Crippen LogP contribution in [0.25, 0.3) is 0 Å². The van der Waals surface area contributed by atoms with Crippen molar-refractivity contribution in [1.82, 2.24) is 50.7 Å². The molecule has 0 unspecified atom stereocenters. The number of furan rings is 4. The van der Waals surface area contributed by atoms with Crippen LogP contribution in [-0.2, 0) is 51.2 Å². The Kier molecular flexibility index (Phi) is 36.8. The molecule has 600 valence electrons. The second kappa shape index (κ2) is 46.2. The molecule has 28 heteroatoms. The molecule has 4 amide bonds. The van der Waals surface area contributed by atoms with Gasteiger partial charge in [-0.3, -0.25) is 48.2 Å². The van der Waals surface area contributed by atoms with E-state index in [0.29, 0.717) is 116 Å². The van der Waals surface area contributed by atoms with Crippen molar-refractivity contribution in [2.45, 2.75) is 117 Å². The lowest BCUT2D eigenvalue weighted by Crippen LogP contribution is -2.50. The summed E-state index contributed by atoms with van der Waals surface area (Å²) in [5.41, 5.74) is 1.02. The maximum Gasteiger partial charge on any atom is 0.410 e. The minimum absolute atomic E-state index is 0.0536. The second-order valence-electron chi connectivity index (χ2n) is 29.6. The number of ether oxygens (including phenoxy) is 4. The molecule has 0 saturated carbocycles. The van der Waals surface area contributed by atoms with Gasteiger partial charge in [-0.2, -0.15) is 0 Å². The van der Waals surface area contributed by atoms with E-state index in [-0.39, 0.29) is 96.2 Å². The summed E-state index contributed by atoms with van der Waals surface area (Å²) in [7, 11) is 2.68. The third-order valence-electron chi connectivity index (χ3n) is 19.0. The van der Waals surface area contributed by atoms with Gasteiger partial charge in [0.1, 0.15) is 11.2 Å². The Morgan fingerprint density at radius 2 is 0.645 bits per heavy atom. The molecule has 4 aliphatic heterocycles. The monoisotopic (exact) mass is 1530 g/mol. The molecule has 0 radical (unpaired) electrons. The van der Waals surface area contributed by atoms with Crippen molar-refractivity contribution < 1.29 is 84.6 Å². The summed E-state index contributed by atoms with van der Waals surface area (Å²) in [6.07, 6.45) is 8.01. The number of esters is 2. The fraction of sp³-hybridized carbons (Fsp3) is 0.537. The first-order valence-corrected chi connectivity index (χ1v) is 38.2. The number of Topliss-reactive ketones (excluding diaryl/α,β-unsaturated/α-hetero) is 4. The van der Waals surface area contributed by atoms with Gasteiger partial charge >= 0.3 is 24.1 Å². The zero-order valence-corrected chi connectivity index (χ0v) is 65.3. The van der Waals surface area contributed by atoms with Crippen LogP contribution in [0.5, 0.6) is 0 Å². The van der Waals surface area contributed by atoms with Crippen LogP contribution in [0, 0.1) is 23.7 Å². The van der Waals surface area contributed by atoms with Crippen molar-refractivity contribution in [3.63, 3.8) is 0 Å². The number of carbonyl (C=O) groups excluding carboxylic acids is 10. The number of nitrogens with one attached hydrogen (secondary N) is 4. The molecular weight excluding hydrogens is 1410 g/mol. The molecule has 4 aromatic heterocycles. The summed E-state index contributed by atoms with van der Waals surface area (Å²) in [4.78, 5) is 136. The lowest BCUT2D eigenvalue weighted by molar-refractivity contribution is -0.146. The molecular formula is C82H114N10O18. The molecule has 0 aliphatic carbocycles. The summed E-state index contributed by atoms with van der Waals surface area (Å²) < 4.78 is 41.1. The molecule has 4 aliphatic rings. The zero-order chi connectivity index (χ0) is 79.3. The molecule has 0 spiro atoms. The third kappa shape index (κ3) is 32.2. The molecule has 28 nitrogen and oxygen atoms in total. The summed E-state index contributed by atoms with van der Waals surface area (Å²) in [5.74, 6) is -2.25. The second-order valence-corrected chi connectivity index (χ2v) is 29.6. The van der Waals surface area contributed by atoms with E-state index in [1.54, 1.807) is 58.3 Å². The molecule has 2 aromatic carbocycles. The molecule has 4 atom stereocenters. The number of piperazine rings is 4. The van der Waals surface area contributed by atoms with E-state index in [9.17, 15) is 47.9 Å². The molecule has 4 saturated heterocycles. The van der Waals surface area contributed by atoms with E-state index < -0.39 is 34.9 Å². The fourth-order valence-electron chi connectivity index (χ4n) is 12.7. The van der Waals surface area contributed by atoms with Crippen molar-refractivity contribution in [2.75, 3.05) is 145 Å². The first-order chi connectivity index (χ1) is 52.8. The SMILES string of the molecule is CC(C)(C)OC(=O)N1CCN(CC[C@H](CC(=O)c2ccco2)C(=O)NCc2ccccc2)CC1.COC(=O)[C@H](CCN1CCN(C(=O)OC(C)(C)C)CC1)CC(=O)c1ccco1.COC(=O)[C@H](CCN1CCNCC1)CC(=O)c1ccco1.O=C(C[C@@H](CCN1CCNCC1)C(=O)NCc1ccccc1)c1ccco1. The van der Waals surface area contributed by atoms with Crippen molar-refractivity contribution >= 4 is 59.1 Å². The Hall–Kier alpha value is -9.58. The number of ketones is 4. The van der Waals surface area contributed by atoms with Gasteiger partial charge in [0.2, 0.25) is 11.8 Å². The smallest absolute Gasteiger partial charge is 0.410 e. The Morgan fingerprint density at radius 1 is 0.373 bits per heavy atom. The van der Waals surface area contributed by atoms with Crippen LogP contribution < -0.4 is 21.3 Å². The molecule has 6 aromatic rings. The molecule has 110 heavy (non-hydrogen) atoms. The highest BCUT2D eigenvalue weighted by atomic mass is 16.6. The normalized spacial score (nSPS) is 16.3. The lowest BCUT2D eigenvalue weighted by atomic mass is 9.96. The quantitative estimate of drug-likeness (QED) is 0.0173. The Balaban J connectivity index is 0.000000206. The van der Waals surface area contributed by atoms with E-state index in [2.05, 4.69) is 40.9 Å². The maximum atomic E-state index is 13.0. The summed E-state index contributed by atoms with van der Waals surface area (Å²) >= 11 is 0. The van der Waals surface area contributed by atoms with Crippen molar-refractivity contribution in [3.05, 3.63) is 168 Å². The minimum Gasteiger partial charge on any atom is -0.469 e. The highest BCUT2D eigenvalue weighted by Gasteiger charge is 2.33. The van der Waals surface area contributed by atoms with Crippen LogP contribution >= 0.6 is 0 Å². The van der Waals surface area contributed by atoms with E-state index in [4.69, 9.17) is 36.6 Å². The Morgan fingerprint density at radius 3 is 0.909 bits per heavy atom. The number of carbonyl (C=O) groups is 10. The number of nitrogens with zero attached hydrogens (tertiary/aromatic N) is 6. The topological polar surface area (TPSA) is 328 Å². The van der Waals surface area contributed by atoms with Crippen LogP contribution in [0.1, 0.15) is 146 Å². The van der Waals surface area contributed by atoms with Crippen molar-refractivity contribution in [1.29, 1.82) is 0 Å². The van der Waals surface area contributed by atoms with Gasteiger partial charge in [0, 0.05) is 155 Å². The van der Waals surface area contributed by atoms with E-state index >= 15 is 0 Å². The number of rotatable bonds is 32. The number of hydrogen-bond donors (Lipinski definition) is 4. The average Bonchev–Trinajstić information content (AvgIpc) is 1.51. The number of methoxy groups -OCH3 is 2. The predicted octanol–water partition coefficient (Wildman–Crippen LogP) is 9.33. The van der Waals surface area contributed by atoms with Crippen LogP contribution in [0.4, 0.5) is 9.59 Å². The van der Waals surface area contributed by atoms with Crippen LogP contribution in [-0.4, -0.2) is 245 Å². The van der Waals surface area contributed by atoms with E-state index in [0.717, 1.165) is 76.6 Å². The first-order valence-electron chi connectivity index (χ1n) is 38.2. The van der Waals surface area contributed by atoms with Crippen LogP contribution in [0.2, 0.25) is 0 Å².